The number of nitrogens with one attached hydrogen (secondary N) is 2. The number of nitrogens with two attached hydrogens (primary N) is 1. The fourth-order valence-electron chi connectivity index (χ4n) is 1.83. The summed E-state index contributed by atoms with van der Waals surface area (Å²) in [6.45, 7) is 2.10. The van der Waals surface area contributed by atoms with Crippen molar-refractivity contribution in [1.29, 1.82) is 0 Å². The summed E-state index contributed by atoms with van der Waals surface area (Å²) >= 11 is 5.94. The fourth-order valence-corrected chi connectivity index (χ4v) is 3.46. The van der Waals surface area contributed by atoms with E-state index in [1.54, 1.807) is 25.4 Å². The summed E-state index contributed by atoms with van der Waals surface area (Å²) in [5.74, 6) is 0. The number of benzene rings is 1. The van der Waals surface area contributed by atoms with Gasteiger partial charge in [0.15, 0.2) is 0 Å². The molecule has 0 unspecified atom stereocenters. The topological polar surface area (TPSA) is 101 Å². The van der Waals surface area contributed by atoms with E-state index in [4.69, 9.17) is 17.3 Å². The lowest BCUT2D eigenvalue weighted by atomic mass is 10.1. The first-order valence-corrected chi connectivity index (χ1v) is 7.76. The van der Waals surface area contributed by atoms with Gasteiger partial charge in [0.2, 0.25) is 10.0 Å². The molecule has 0 aliphatic rings. The molecule has 108 valence electrons. The van der Waals surface area contributed by atoms with Crippen molar-refractivity contribution in [3.05, 3.63) is 46.2 Å². The zero-order chi connectivity index (χ0) is 14.8. The quantitative estimate of drug-likeness (QED) is 0.774. The van der Waals surface area contributed by atoms with E-state index >= 15 is 0 Å². The van der Waals surface area contributed by atoms with Crippen molar-refractivity contribution in [1.82, 2.24) is 14.9 Å². The van der Waals surface area contributed by atoms with E-state index in [1.165, 1.54) is 6.07 Å². The molecule has 0 amide bonds. The van der Waals surface area contributed by atoms with Crippen LogP contribution < -0.4 is 10.5 Å². The Morgan fingerprint density at radius 1 is 1.45 bits per heavy atom. The summed E-state index contributed by atoms with van der Waals surface area (Å²) in [6.07, 6.45) is 3.18. The number of sulfonamides is 1. The van der Waals surface area contributed by atoms with Gasteiger partial charge in [-0.15, -0.1) is 0 Å². The number of H-pyrrole nitrogens is 1. The minimum atomic E-state index is -3.65. The van der Waals surface area contributed by atoms with Crippen LogP contribution in [0.5, 0.6) is 0 Å². The van der Waals surface area contributed by atoms with E-state index in [2.05, 4.69) is 14.9 Å². The predicted molar refractivity (Wildman–Crippen MR) is 76.7 cm³/mol. The third-order valence-corrected chi connectivity index (χ3v) is 4.71. The molecule has 0 saturated heterocycles. The van der Waals surface area contributed by atoms with Crippen molar-refractivity contribution in [3.63, 3.8) is 0 Å². The third-order valence-electron chi connectivity index (χ3n) is 2.96. The van der Waals surface area contributed by atoms with Gasteiger partial charge in [-0.3, -0.25) is 5.10 Å². The molecular formula is C12H15ClN4O2S. The number of aromatic amines is 1. The fraction of sp³-hybridized carbons (Fsp3) is 0.250. The molecule has 0 fully saturated rings. The summed E-state index contributed by atoms with van der Waals surface area (Å²) in [5, 5.41) is 6.73. The normalized spacial score (nSPS) is 11.8. The van der Waals surface area contributed by atoms with Crippen LogP contribution >= 0.6 is 11.6 Å². The number of nitrogens with zero attached hydrogens (tertiary/aromatic N) is 1. The first kappa shape index (κ1) is 15.0. The SMILES string of the molecule is Cc1c(CN)cc(Cl)cc1S(=O)(=O)NCc1cn[nH]c1. The molecule has 8 heteroatoms. The molecule has 0 spiro atoms. The van der Waals surface area contributed by atoms with Crippen molar-refractivity contribution in [3.8, 4) is 0 Å². The number of hydrogen-bond acceptors (Lipinski definition) is 4. The summed E-state index contributed by atoms with van der Waals surface area (Å²) in [5.41, 5.74) is 7.66. The predicted octanol–water partition coefficient (Wildman–Crippen LogP) is 1.31. The molecule has 2 aromatic rings. The largest absolute Gasteiger partial charge is 0.326 e. The molecule has 4 N–H and O–H groups in total. The van der Waals surface area contributed by atoms with Crippen LogP contribution in [0.15, 0.2) is 29.4 Å². The molecule has 20 heavy (non-hydrogen) atoms. The third kappa shape index (κ3) is 3.18. The van der Waals surface area contributed by atoms with E-state index < -0.39 is 10.0 Å². The Hall–Kier alpha value is -1.41. The summed E-state index contributed by atoms with van der Waals surface area (Å²) in [4.78, 5) is 0.147. The van der Waals surface area contributed by atoms with Crippen LogP contribution in [0, 0.1) is 6.92 Å². The molecule has 1 aromatic carbocycles. The minimum absolute atomic E-state index is 0.147. The first-order chi connectivity index (χ1) is 9.44. The molecule has 0 saturated carbocycles. The molecule has 1 heterocycles. The molecule has 0 aliphatic heterocycles. The van der Waals surface area contributed by atoms with Gasteiger partial charge in [-0.2, -0.15) is 5.10 Å². The van der Waals surface area contributed by atoms with Crippen molar-refractivity contribution in [2.75, 3.05) is 0 Å². The second-order valence-corrected chi connectivity index (χ2v) is 6.50. The van der Waals surface area contributed by atoms with Crippen molar-refractivity contribution in [2.45, 2.75) is 24.9 Å². The minimum Gasteiger partial charge on any atom is -0.326 e. The Morgan fingerprint density at radius 2 is 2.20 bits per heavy atom. The molecule has 2 rings (SSSR count). The maximum absolute atomic E-state index is 12.3. The van der Waals surface area contributed by atoms with Gasteiger partial charge in [0, 0.05) is 29.9 Å². The van der Waals surface area contributed by atoms with Gasteiger partial charge in [0.05, 0.1) is 11.1 Å². The smallest absolute Gasteiger partial charge is 0.241 e. The summed E-state index contributed by atoms with van der Waals surface area (Å²) in [6, 6.07) is 3.10. The lowest BCUT2D eigenvalue weighted by Crippen LogP contribution is -2.24. The molecule has 6 nitrogen and oxygen atoms in total. The highest BCUT2D eigenvalue weighted by molar-refractivity contribution is 7.89. The van der Waals surface area contributed by atoms with Gasteiger partial charge in [-0.1, -0.05) is 11.6 Å². The summed E-state index contributed by atoms with van der Waals surface area (Å²) < 4.78 is 27.2. The maximum Gasteiger partial charge on any atom is 0.241 e. The van der Waals surface area contributed by atoms with Gasteiger partial charge in [0.25, 0.3) is 0 Å². The van der Waals surface area contributed by atoms with Crippen molar-refractivity contribution < 1.29 is 8.42 Å². The highest BCUT2D eigenvalue weighted by Crippen LogP contribution is 2.24. The van der Waals surface area contributed by atoms with Crippen LogP contribution in [0.25, 0.3) is 0 Å². The first-order valence-electron chi connectivity index (χ1n) is 5.90. The number of hydrogen-bond donors (Lipinski definition) is 3. The number of aromatic nitrogens is 2. The second-order valence-electron chi connectivity index (χ2n) is 4.32. The lowest BCUT2D eigenvalue weighted by Gasteiger charge is -2.12. The molecule has 0 bridgehead atoms. The van der Waals surface area contributed by atoms with E-state index in [0.29, 0.717) is 16.1 Å². The zero-order valence-electron chi connectivity index (χ0n) is 10.9. The standard InChI is InChI=1S/C12H15ClN4O2S/c1-8-10(4-14)2-11(13)3-12(8)20(18,19)17-7-9-5-15-16-6-9/h2-3,5-6,17H,4,7,14H2,1H3,(H,15,16). The van der Waals surface area contributed by atoms with Gasteiger partial charge in [0.1, 0.15) is 0 Å². The van der Waals surface area contributed by atoms with E-state index in [-0.39, 0.29) is 18.0 Å². The van der Waals surface area contributed by atoms with Crippen molar-refractivity contribution >= 4 is 21.6 Å². The average molecular weight is 315 g/mol. The van der Waals surface area contributed by atoms with Gasteiger partial charge in [-0.25, -0.2) is 13.1 Å². The average Bonchev–Trinajstić information content (AvgIpc) is 2.92. The van der Waals surface area contributed by atoms with Crippen LogP contribution in [-0.2, 0) is 23.1 Å². The highest BCUT2D eigenvalue weighted by atomic mass is 35.5. The Morgan fingerprint density at radius 3 is 2.80 bits per heavy atom. The van der Waals surface area contributed by atoms with E-state index in [0.717, 1.165) is 5.56 Å². The molecular weight excluding hydrogens is 300 g/mol. The van der Waals surface area contributed by atoms with Gasteiger partial charge in [-0.05, 0) is 30.2 Å². The van der Waals surface area contributed by atoms with Crippen LogP contribution in [0.1, 0.15) is 16.7 Å². The Balaban J connectivity index is 2.31. The lowest BCUT2D eigenvalue weighted by molar-refractivity contribution is 0.580. The van der Waals surface area contributed by atoms with Crippen LogP contribution in [0.4, 0.5) is 0 Å². The van der Waals surface area contributed by atoms with Gasteiger partial charge >= 0.3 is 0 Å². The molecule has 0 aliphatic carbocycles. The molecule has 0 atom stereocenters. The highest BCUT2D eigenvalue weighted by Gasteiger charge is 2.19. The van der Waals surface area contributed by atoms with E-state index in [9.17, 15) is 8.42 Å². The Bertz CT molecular complexity index is 698. The van der Waals surface area contributed by atoms with Crippen molar-refractivity contribution in [2.24, 2.45) is 5.73 Å². The zero-order valence-corrected chi connectivity index (χ0v) is 12.4. The second kappa shape index (κ2) is 5.92. The Labute approximate surface area is 122 Å². The van der Waals surface area contributed by atoms with Crippen LogP contribution in [-0.4, -0.2) is 18.6 Å². The number of rotatable bonds is 5. The van der Waals surface area contributed by atoms with Gasteiger partial charge < -0.3 is 5.73 Å². The van der Waals surface area contributed by atoms with E-state index in [1.807, 2.05) is 0 Å². The maximum atomic E-state index is 12.3. The van der Waals surface area contributed by atoms with Crippen LogP contribution in [0.3, 0.4) is 0 Å². The number of halogens is 1. The van der Waals surface area contributed by atoms with Crippen LogP contribution in [0.2, 0.25) is 5.02 Å². The molecule has 0 radical (unpaired) electrons. The monoisotopic (exact) mass is 314 g/mol. The Kier molecular flexibility index (Phi) is 4.44. The summed E-state index contributed by atoms with van der Waals surface area (Å²) in [7, 11) is -3.65. The molecule has 1 aromatic heterocycles.